The lowest BCUT2D eigenvalue weighted by molar-refractivity contribution is -0.132. The monoisotopic (exact) mass is 250 g/mol. The van der Waals surface area contributed by atoms with Gasteiger partial charge < -0.3 is 19.3 Å². The predicted molar refractivity (Wildman–Crippen MR) is 66.5 cm³/mol. The minimum atomic E-state index is -0.545. The van der Waals surface area contributed by atoms with Crippen molar-refractivity contribution in [2.75, 3.05) is 14.2 Å². The first-order chi connectivity index (χ1) is 8.62. The fourth-order valence-electron chi connectivity index (χ4n) is 1.30. The van der Waals surface area contributed by atoms with Crippen LogP contribution >= 0.6 is 0 Å². The molecule has 5 nitrogen and oxygen atoms in total. The zero-order valence-electron chi connectivity index (χ0n) is 10.2. The lowest BCUT2D eigenvalue weighted by Gasteiger charge is -2.09. The maximum atomic E-state index is 11.1. The molecule has 0 fully saturated rings. The van der Waals surface area contributed by atoms with Gasteiger partial charge in [-0.1, -0.05) is 6.58 Å². The molecule has 5 heteroatoms. The number of ether oxygens (including phenoxy) is 3. The molecular formula is C13H14O5. The van der Waals surface area contributed by atoms with Gasteiger partial charge in [0.05, 0.1) is 20.5 Å². The van der Waals surface area contributed by atoms with Crippen LogP contribution in [0, 0.1) is 0 Å². The molecule has 18 heavy (non-hydrogen) atoms. The highest BCUT2D eigenvalue weighted by molar-refractivity contribution is 5.87. The van der Waals surface area contributed by atoms with Crippen LogP contribution in [0.3, 0.4) is 0 Å². The molecular weight excluding hydrogens is 236 g/mol. The Morgan fingerprint density at radius 2 is 1.83 bits per heavy atom. The largest absolute Gasteiger partial charge is 0.502 e. The Morgan fingerprint density at radius 3 is 2.28 bits per heavy atom. The van der Waals surface area contributed by atoms with Crippen LogP contribution in [0.1, 0.15) is 5.56 Å². The van der Waals surface area contributed by atoms with E-state index in [4.69, 9.17) is 9.47 Å². The van der Waals surface area contributed by atoms with E-state index >= 15 is 0 Å². The molecule has 0 radical (unpaired) electrons. The fraction of sp³-hybridized carbons (Fsp3) is 0.154. The molecule has 0 spiro atoms. The molecule has 0 aliphatic rings. The smallest absolute Gasteiger partial charge is 0.335 e. The van der Waals surface area contributed by atoms with Crippen molar-refractivity contribution in [1.82, 2.24) is 0 Å². The number of methoxy groups -OCH3 is 2. The molecule has 96 valence electrons. The molecule has 0 aliphatic carbocycles. The summed E-state index contributed by atoms with van der Waals surface area (Å²) < 4.78 is 14.5. The molecule has 0 amide bonds. The number of carbonyl (C=O) groups excluding carboxylic acids is 1. The second-order valence-corrected chi connectivity index (χ2v) is 3.21. The Balaban J connectivity index is 3.03. The first-order valence-electron chi connectivity index (χ1n) is 5.07. The second kappa shape index (κ2) is 6.34. The Bertz CT molecular complexity index is 451. The highest BCUT2D eigenvalue weighted by atomic mass is 16.5. The maximum absolute atomic E-state index is 11.1. The summed E-state index contributed by atoms with van der Waals surface area (Å²) >= 11 is 0. The highest BCUT2D eigenvalue weighted by Gasteiger charge is 2.09. The zero-order chi connectivity index (χ0) is 13.5. The van der Waals surface area contributed by atoms with Crippen molar-refractivity contribution in [3.05, 3.63) is 36.6 Å². The summed E-state index contributed by atoms with van der Waals surface area (Å²) in [6.45, 7) is 3.27. The van der Waals surface area contributed by atoms with E-state index in [1.54, 1.807) is 12.1 Å². The van der Waals surface area contributed by atoms with Gasteiger partial charge in [0, 0.05) is 6.08 Å². The van der Waals surface area contributed by atoms with Crippen LogP contribution < -0.4 is 9.47 Å². The van der Waals surface area contributed by atoms with E-state index in [9.17, 15) is 9.90 Å². The topological polar surface area (TPSA) is 65.0 Å². The van der Waals surface area contributed by atoms with Crippen molar-refractivity contribution in [2.24, 2.45) is 0 Å². The summed E-state index contributed by atoms with van der Waals surface area (Å²) in [5.74, 6) is -0.126. The van der Waals surface area contributed by atoms with Crippen LogP contribution in [0.2, 0.25) is 0 Å². The van der Waals surface area contributed by atoms with Crippen molar-refractivity contribution in [3.8, 4) is 17.2 Å². The quantitative estimate of drug-likeness (QED) is 0.492. The van der Waals surface area contributed by atoms with E-state index in [0.717, 1.165) is 6.26 Å². The molecule has 1 aromatic rings. The maximum Gasteiger partial charge on any atom is 0.335 e. The molecule has 0 atom stereocenters. The van der Waals surface area contributed by atoms with Gasteiger partial charge in [0.15, 0.2) is 11.5 Å². The summed E-state index contributed by atoms with van der Waals surface area (Å²) in [6.07, 6.45) is 3.79. The van der Waals surface area contributed by atoms with Gasteiger partial charge in [-0.15, -0.1) is 0 Å². The molecule has 1 rings (SSSR count). The Morgan fingerprint density at radius 1 is 1.28 bits per heavy atom. The number of rotatable bonds is 5. The molecule has 1 N–H and O–H groups in total. The first kappa shape index (κ1) is 13.6. The summed E-state index contributed by atoms with van der Waals surface area (Å²) in [7, 11) is 2.85. The number of carbonyl (C=O) groups is 1. The first-order valence-corrected chi connectivity index (χ1v) is 5.07. The molecule has 0 saturated carbocycles. The molecule has 1 aromatic carbocycles. The van der Waals surface area contributed by atoms with E-state index in [1.165, 1.54) is 26.4 Å². The van der Waals surface area contributed by atoms with Crippen LogP contribution in [0.25, 0.3) is 6.08 Å². The average molecular weight is 250 g/mol. The summed E-state index contributed by atoms with van der Waals surface area (Å²) in [5.41, 5.74) is 0.627. The highest BCUT2D eigenvalue weighted by Crippen LogP contribution is 2.37. The van der Waals surface area contributed by atoms with E-state index in [-0.39, 0.29) is 17.2 Å². The van der Waals surface area contributed by atoms with Crippen LogP contribution in [0.5, 0.6) is 17.2 Å². The van der Waals surface area contributed by atoms with Gasteiger partial charge in [-0.3, -0.25) is 0 Å². The molecule has 0 bridgehead atoms. The molecule has 0 saturated heterocycles. The lowest BCUT2D eigenvalue weighted by atomic mass is 10.1. The van der Waals surface area contributed by atoms with E-state index in [0.29, 0.717) is 5.56 Å². The number of hydrogen-bond donors (Lipinski definition) is 1. The Labute approximate surface area is 105 Å². The summed E-state index contributed by atoms with van der Waals surface area (Å²) in [6, 6.07) is 3.13. The minimum absolute atomic E-state index is 0.0918. The second-order valence-electron chi connectivity index (χ2n) is 3.21. The number of phenols is 1. The normalized spacial score (nSPS) is 10.1. The standard InChI is InChI=1S/C13H14O5/c1-4-18-12(14)6-5-9-7-10(16-2)13(15)11(8-9)17-3/h4-8,15H,1H2,2-3H3/b6-5+. The van der Waals surface area contributed by atoms with Gasteiger partial charge in [0.25, 0.3) is 0 Å². The van der Waals surface area contributed by atoms with Crippen LogP contribution in [0.15, 0.2) is 31.0 Å². The number of esters is 1. The van der Waals surface area contributed by atoms with E-state index < -0.39 is 5.97 Å². The third-order valence-electron chi connectivity index (χ3n) is 2.11. The van der Waals surface area contributed by atoms with Crippen molar-refractivity contribution < 1.29 is 24.1 Å². The Kier molecular flexibility index (Phi) is 4.80. The molecule has 0 unspecified atom stereocenters. The number of benzene rings is 1. The van der Waals surface area contributed by atoms with Crippen molar-refractivity contribution in [1.29, 1.82) is 0 Å². The Hall–Kier alpha value is -2.43. The van der Waals surface area contributed by atoms with Crippen LogP contribution in [-0.2, 0) is 9.53 Å². The van der Waals surface area contributed by atoms with E-state index in [1.807, 2.05) is 0 Å². The zero-order valence-corrected chi connectivity index (χ0v) is 10.2. The minimum Gasteiger partial charge on any atom is -0.502 e. The molecule has 0 heterocycles. The van der Waals surface area contributed by atoms with E-state index in [2.05, 4.69) is 11.3 Å². The third kappa shape index (κ3) is 3.28. The van der Waals surface area contributed by atoms with Gasteiger partial charge in [-0.2, -0.15) is 0 Å². The van der Waals surface area contributed by atoms with Gasteiger partial charge in [-0.25, -0.2) is 4.79 Å². The van der Waals surface area contributed by atoms with Gasteiger partial charge in [-0.05, 0) is 23.8 Å². The average Bonchev–Trinajstić information content (AvgIpc) is 2.37. The summed E-state index contributed by atoms with van der Waals surface area (Å²) in [4.78, 5) is 11.1. The van der Waals surface area contributed by atoms with Gasteiger partial charge in [0.1, 0.15) is 0 Å². The predicted octanol–water partition coefficient (Wildman–Crippen LogP) is 2.11. The summed E-state index contributed by atoms with van der Waals surface area (Å²) in [5, 5.41) is 9.70. The van der Waals surface area contributed by atoms with Crippen molar-refractivity contribution in [2.45, 2.75) is 0 Å². The fourth-order valence-corrected chi connectivity index (χ4v) is 1.30. The number of aromatic hydroxyl groups is 1. The third-order valence-corrected chi connectivity index (χ3v) is 2.11. The SMILES string of the molecule is C=COC(=O)/C=C/c1cc(OC)c(O)c(OC)c1. The number of phenolic OH excluding ortho intramolecular Hbond substituents is 1. The molecule has 0 aromatic heterocycles. The molecule has 0 aliphatic heterocycles. The van der Waals surface area contributed by atoms with Crippen LogP contribution in [-0.4, -0.2) is 25.3 Å². The van der Waals surface area contributed by atoms with Crippen LogP contribution in [0.4, 0.5) is 0 Å². The van der Waals surface area contributed by atoms with Gasteiger partial charge >= 0.3 is 5.97 Å². The van der Waals surface area contributed by atoms with Gasteiger partial charge in [0.2, 0.25) is 5.75 Å². The lowest BCUT2D eigenvalue weighted by Crippen LogP contribution is -1.93. The van der Waals surface area contributed by atoms with Crippen molar-refractivity contribution in [3.63, 3.8) is 0 Å². The van der Waals surface area contributed by atoms with Crippen molar-refractivity contribution >= 4 is 12.0 Å². The number of hydrogen-bond acceptors (Lipinski definition) is 5.